The molecule has 1 atom stereocenters. The van der Waals surface area contributed by atoms with E-state index in [9.17, 15) is 10.2 Å². The lowest BCUT2D eigenvalue weighted by atomic mass is 9.84. The van der Waals surface area contributed by atoms with Crippen LogP contribution in [-0.4, -0.2) is 10.2 Å². The lowest BCUT2D eigenvalue weighted by Crippen LogP contribution is -2.03. The number of benzene rings is 1. The summed E-state index contributed by atoms with van der Waals surface area (Å²) < 4.78 is 0. The molecule has 1 aliphatic rings. The molecule has 0 fully saturated rings. The predicted molar refractivity (Wildman–Crippen MR) is 118 cm³/mol. The summed E-state index contributed by atoms with van der Waals surface area (Å²) in [7, 11) is 0. The molecule has 0 aromatic heterocycles. The number of hydrogen-bond acceptors (Lipinski definition) is 2. The summed E-state index contributed by atoms with van der Waals surface area (Å²) >= 11 is 0. The lowest BCUT2D eigenvalue weighted by Gasteiger charge is -2.22. The molecular weight excluding hydrogens is 332 g/mol. The second-order valence-corrected chi connectivity index (χ2v) is 7.84. The van der Waals surface area contributed by atoms with Crippen LogP contribution >= 0.6 is 0 Å². The molecule has 0 spiro atoms. The highest BCUT2D eigenvalue weighted by molar-refractivity contribution is 5.50. The first-order valence-corrected chi connectivity index (χ1v) is 10.8. The molecule has 0 heterocycles. The van der Waals surface area contributed by atoms with Crippen LogP contribution in [0.4, 0.5) is 0 Å². The molecule has 1 aliphatic carbocycles. The molecule has 0 saturated heterocycles. The highest BCUT2D eigenvalue weighted by Gasteiger charge is 2.21. The number of phenols is 2. The summed E-state index contributed by atoms with van der Waals surface area (Å²) in [5.74, 6) is 0.694. The van der Waals surface area contributed by atoms with Crippen molar-refractivity contribution >= 4 is 0 Å². The standard InChI is InChI=1S/C22H34O2.C3H6/c1-3-4-5-6-7-8-9-12-18-15-20(23)22(21(24)16-18)19-13-10-11-17(2)14-19;1-3-2/h14-16,19,23-24H,3-13H2,1-2H3;3H,1H2,2H3. The van der Waals surface area contributed by atoms with E-state index in [1.807, 2.05) is 19.1 Å². The van der Waals surface area contributed by atoms with Gasteiger partial charge in [0.05, 0.1) is 0 Å². The molecule has 0 radical (unpaired) electrons. The molecule has 2 nitrogen and oxygen atoms in total. The van der Waals surface area contributed by atoms with E-state index in [1.165, 1.54) is 44.1 Å². The van der Waals surface area contributed by atoms with Crippen LogP contribution in [0.2, 0.25) is 0 Å². The zero-order chi connectivity index (χ0) is 20.1. The highest BCUT2D eigenvalue weighted by Crippen LogP contribution is 2.41. The Labute approximate surface area is 167 Å². The van der Waals surface area contributed by atoms with Crippen molar-refractivity contribution in [2.24, 2.45) is 0 Å². The normalized spacial score (nSPS) is 16.3. The van der Waals surface area contributed by atoms with E-state index >= 15 is 0 Å². The Morgan fingerprint density at radius 2 is 1.59 bits per heavy atom. The van der Waals surface area contributed by atoms with Crippen LogP contribution < -0.4 is 0 Å². The molecule has 0 aliphatic heterocycles. The summed E-state index contributed by atoms with van der Waals surface area (Å²) in [6.45, 7) is 9.63. The van der Waals surface area contributed by atoms with Gasteiger partial charge in [-0.2, -0.15) is 0 Å². The summed E-state index contributed by atoms with van der Waals surface area (Å²) in [5, 5.41) is 20.8. The molecule has 1 unspecified atom stereocenters. The molecule has 0 amide bonds. The van der Waals surface area contributed by atoms with Gasteiger partial charge in [0, 0.05) is 11.5 Å². The fraction of sp³-hybridized carbons (Fsp3) is 0.600. The van der Waals surface area contributed by atoms with Gasteiger partial charge in [0.1, 0.15) is 11.5 Å². The third-order valence-electron chi connectivity index (χ3n) is 5.21. The number of aryl methyl sites for hydroxylation is 1. The first kappa shape index (κ1) is 23.3. The Bertz CT molecular complexity index is 563. The SMILES string of the molecule is C=CC.CCCCCCCCCc1cc(O)c(C2C=C(C)CCC2)c(O)c1. The van der Waals surface area contributed by atoms with E-state index in [-0.39, 0.29) is 17.4 Å². The maximum atomic E-state index is 10.4. The van der Waals surface area contributed by atoms with Crippen LogP contribution in [0.3, 0.4) is 0 Å². The van der Waals surface area contributed by atoms with Gasteiger partial charge in [0.2, 0.25) is 0 Å². The van der Waals surface area contributed by atoms with Crippen molar-refractivity contribution in [3.63, 3.8) is 0 Å². The molecule has 27 heavy (non-hydrogen) atoms. The maximum Gasteiger partial charge on any atom is 0.123 e. The van der Waals surface area contributed by atoms with E-state index in [4.69, 9.17) is 0 Å². The van der Waals surface area contributed by atoms with Gasteiger partial charge in [0.25, 0.3) is 0 Å². The first-order chi connectivity index (χ1) is 13.0. The van der Waals surface area contributed by atoms with Gasteiger partial charge in [-0.3, -0.25) is 0 Å². The highest BCUT2D eigenvalue weighted by atomic mass is 16.3. The van der Waals surface area contributed by atoms with Crippen molar-refractivity contribution < 1.29 is 10.2 Å². The van der Waals surface area contributed by atoms with Crippen LogP contribution in [-0.2, 0) is 6.42 Å². The van der Waals surface area contributed by atoms with Crippen molar-refractivity contribution in [1.82, 2.24) is 0 Å². The molecule has 2 heteroatoms. The minimum Gasteiger partial charge on any atom is -0.507 e. The molecule has 2 N–H and O–H groups in total. The van der Waals surface area contributed by atoms with Gasteiger partial charge in [-0.15, -0.1) is 6.58 Å². The van der Waals surface area contributed by atoms with Gasteiger partial charge < -0.3 is 10.2 Å². The number of allylic oxidation sites excluding steroid dienone is 3. The van der Waals surface area contributed by atoms with Gasteiger partial charge in [-0.1, -0.05) is 63.2 Å². The Morgan fingerprint density at radius 3 is 2.15 bits per heavy atom. The van der Waals surface area contributed by atoms with Crippen LogP contribution in [0, 0.1) is 0 Å². The Balaban J connectivity index is 0.00000114. The van der Waals surface area contributed by atoms with Crippen LogP contribution in [0.1, 0.15) is 102 Å². The monoisotopic (exact) mass is 372 g/mol. The lowest BCUT2D eigenvalue weighted by molar-refractivity contribution is 0.427. The van der Waals surface area contributed by atoms with Crippen molar-refractivity contribution in [1.29, 1.82) is 0 Å². The minimum absolute atomic E-state index is 0.159. The van der Waals surface area contributed by atoms with E-state index in [2.05, 4.69) is 26.5 Å². The minimum atomic E-state index is 0.159. The smallest absolute Gasteiger partial charge is 0.123 e. The fourth-order valence-corrected chi connectivity index (χ4v) is 3.83. The van der Waals surface area contributed by atoms with Crippen molar-refractivity contribution in [2.75, 3.05) is 0 Å². The average Bonchev–Trinajstić information content (AvgIpc) is 2.61. The van der Waals surface area contributed by atoms with Gasteiger partial charge in [0.15, 0.2) is 0 Å². The summed E-state index contributed by atoms with van der Waals surface area (Å²) in [6.07, 6.45) is 17.1. The van der Waals surface area contributed by atoms with Crippen LogP contribution in [0.5, 0.6) is 11.5 Å². The van der Waals surface area contributed by atoms with Crippen molar-refractivity contribution in [3.8, 4) is 11.5 Å². The van der Waals surface area contributed by atoms with Crippen LogP contribution in [0.15, 0.2) is 36.4 Å². The quantitative estimate of drug-likeness (QED) is 0.343. The fourth-order valence-electron chi connectivity index (χ4n) is 3.83. The van der Waals surface area contributed by atoms with E-state index in [1.54, 1.807) is 6.08 Å². The number of rotatable bonds is 9. The zero-order valence-corrected chi connectivity index (χ0v) is 17.8. The summed E-state index contributed by atoms with van der Waals surface area (Å²) in [5.41, 5.74) is 3.13. The third-order valence-corrected chi connectivity index (χ3v) is 5.21. The molecule has 2 rings (SSSR count). The maximum absolute atomic E-state index is 10.4. The Hall–Kier alpha value is -1.70. The van der Waals surface area contributed by atoms with Crippen molar-refractivity contribution in [3.05, 3.63) is 47.6 Å². The topological polar surface area (TPSA) is 40.5 Å². The third kappa shape index (κ3) is 8.69. The number of aromatic hydroxyl groups is 2. The summed E-state index contributed by atoms with van der Waals surface area (Å²) in [4.78, 5) is 0. The molecular formula is C25H40O2. The van der Waals surface area contributed by atoms with E-state index < -0.39 is 0 Å². The molecule has 1 aromatic rings. The van der Waals surface area contributed by atoms with Crippen LogP contribution in [0.25, 0.3) is 0 Å². The van der Waals surface area contributed by atoms with Gasteiger partial charge in [-0.25, -0.2) is 0 Å². The van der Waals surface area contributed by atoms with Gasteiger partial charge in [-0.05, 0) is 63.6 Å². The molecule has 0 saturated carbocycles. The number of hydrogen-bond donors (Lipinski definition) is 2. The molecule has 0 bridgehead atoms. The van der Waals surface area contributed by atoms with Gasteiger partial charge >= 0.3 is 0 Å². The summed E-state index contributed by atoms with van der Waals surface area (Å²) in [6, 6.07) is 3.73. The predicted octanol–water partition coefficient (Wildman–Crippen LogP) is 7.80. The number of phenolic OH excluding ortho intramolecular Hbond substituents is 2. The average molecular weight is 373 g/mol. The molecule has 1 aromatic carbocycles. The van der Waals surface area contributed by atoms with Crippen molar-refractivity contribution in [2.45, 2.75) is 97.3 Å². The second kappa shape index (κ2) is 13.5. The van der Waals surface area contributed by atoms with E-state index in [0.29, 0.717) is 0 Å². The Kier molecular flexibility index (Phi) is 11.6. The Morgan fingerprint density at radius 1 is 1.04 bits per heavy atom. The molecule has 152 valence electrons. The van der Waals surface area contributed by atoms with E-state index in [0.717, 1.165) is 43.2 Å². The zero-order valence-electron chi connectivity index (χ0n) is 17.8. The largest absolute Gasteiger partial charge is 0.507 e. The number of unbranched alkanes of at least 4 members (excludes halogenated alkanes) is 6. The first-order valence-electron chi connectivity index (χ1n) is 10.8. The second-order valence-electron chi connectivity index (χ2n) is 7.84.